The zero-order valence-electron chi connectivity index (χ0n) is 39.5. The van der Waals surface area contributed by atoms with Gasteiger partial charge in [0, 0.05) is 6.42 Å². The molecular weight excluding hydrogens is 823 g/mol. The second-order valence-electron chi connectivity index (χ2n) is 17.9. The highest BCUT2D eigenvalue weighted by Gasteiger charge is 2.51. The van der Waals surface area contributed by atoms with E-state index < -0.39 is 86.8 Å². The minimum Gasteiger partial charge on any atom is -0.394 e. The summed E-state index contributed by atoms with van der Waals surface area (Å²) in [5.74, 6) is -0.254. The molecule has 2 saturated heterocycles. The molecule has 12 atom stereocenters. The zero-order valence-corrected chi connectivity index (χ0v) is 39.5. The molecule has 0 spiro atoms. The molecule has 12 unspecified atom stereocenters. The number of amides is 1. The highest BCUT2D eigenvalue weighted by molar-refractivity contribution is 5.76. The van der Waals surface area contributed by atoms with Gasteiger partial charge in [0.05, 0.1) is 32.0 Å². The molecule has 2 heterocycles. The molecule has 14 heteroatoms. The average molecular weight is 914 g/mol. The number of ether oxygens (including phenoxy) is 4. The molecular formula is C50H91NO13. The third-order valence-electron chi connectivity index (χ3n) is 12.3. The van der Waals surface area contributed by atoms with Crippen LogP contribution in [0.25, 0.3) is 0 Å². The third-order valence-corrected chi connectivity index (χ3v) is 12.3. The van der Waals surface area contributed by atoms with Gasteiger partial charge in [-0.05, 0) is 38.5 Å². The number of carbonyl (C=O) groups is 1. The van der Waals surface area contributed by atoms with E-state index >= 15 is 0 Å². The Morgan fingerprint density at radius 1 is 0.547 bits per heavy atom. The maximum Gasteiger partial charge on any atom is 0.220 e. The van der Waals surface area contributed by atoms with Gasteiger partial charge in [0.25, 0.3) is 0 Å². The fourth-order valence-electron chi connectivity index (χ4n) is 8.13. The van der Waals surface area contributed by atoms with E-state index in [9.17, 15) is 45.6 Å². The largest absolute Gasteiger partial charge is 0.394 e. The first-order valence-electron chi connectivity index (χ1n) is 25.2. The van der Waals surface area contributed by atoms with E-state index in [2.05, 4.69) is 43.5 Å². The summed E-state index contributed by atoms with van der Waals surface area (Å²) in [5.41, 5.74) is 0. The van der Waals surface area contributed by atoms with E-state index in [-0.39, 0.29) is 18.9 Å². The topological polar surface area (TPSA) is 228 Å². The summed E-state index contributed by atoms with van der Waals surface area (Å²) in [7, 11) is 0. The molecule has 1 amide bonds. The standard InChI is InChI=1S/C50H91NO13/c1-3-5-7-9-11-13-15-17-18-19-20-21-22-24-26-28-30-32-34-42(55)51-38(39(54)33-31-29-27-25-23-16-14-12-10-8-6-4-2)37-61-49-47(60)45(58)48(41(36-53)63-49)64-50-46(59)44(57)43(56)40(35-52)62-50/h10,12,23,25,31,33,38-41,43-50,52-54,56-60H,3-9,11,13-22,24,26-30,32,34-37H2,1-2H3,(H,51,55)/b12-10+,25-23+,33-31+. The number of allylic oxidation sites excluding steroid dienone is 5. The van der Waals surface area contributed by atoms with Crippen LogP contribution in [0, 0.1) is 0 Å². The van der Waals surface area contributed by atoms with Gasteiger partial charge in [-0.25, -0.2) is 0 Å². The van der Waals surface area contributed by atoms with Crippen LogP contribution in [0.5, 0.6) is 0 Å². The molecule has 0 aromatic rings. The Bertz CT molecular complexity index is 1220. The van der Waals surface area contributed by atoms with Crippen molar-refractivity contribution in [3.8, 4) is 0 Å². The summed E-state index contributed by atoms with van der Waals surface area (Å²) < 4.78 is 22.6. The first-order valence-corrected chi connectivity index (χ1v) is 25.2. The third kappa shape index (κ3) is 24.3. The summed E-state index contributed by atoms with van der Waals surface area (Å²) >= 11 is 0. The number of hydrogen-bond donors (Lipinski definition) is 9. The summed E-state index contributed by atoms with van der Waals surface area (Å²) in [6.07, 6.45) is 24.8. The molecule has 2 rings (SSSR count). The Morgan fingerprint density at radius 3 is 1.52 bits per heavy atom. The second-order valence-corrected chi connectivity index (χ2v) is 17.9. The van der Waals surface area contributed by atoms with E-state index in [1.54, 1.807) is 6.08 Å². The van der Waals surface area contributed by atoms with Crippen molar-refractivity contribution >= 4 is 5.91 Å². The normalized spacial score (nSPS) is 27.5. The Balaban J connectivity index is 1.84. The molecule has 2 fully saturated rings. The minimum atomic E-state index is -1.79. The Morgan fingerprint density at radius 2 is 1.00 bits per heavy atom. The molecule has 14 nitrogen and oxygen atoms in total. The Labute approximate surface area is 385 Å². The number of unbranched alkanes of at least 4 members (excludes halogenated alkanes) is 21. The number of aliphatic hydroxyl groups excluding tert-OH is 8. The summed E-state index contributed by atoms with van der Waals surface area (Å²) in [6, 6.07) is -0.932. The van der Waals surface area contributed by atoms with Crippen LogP contribution in [0.3, 0.4) is 0 Å². The van der Waals surface area contributed by atoms with E-state index in [1.165, 1.54) is 103 Å². The summed E-state index contributed by atoms with van der Waals surface area (Å²) in [5, 5.41) is 86.6. The van der Waals surface area contributed by atoms with Crippen molar-refractivity contribution in [2.75, 3.05) is 19.8 Å². The number of hydrogen-bond acceptors (Lipinski definition) is 13. The van der Waals surface area contributed by atoms with E-state index in [4.69, 9.17) is 18.9 Å². The molecule has 64 heavy (non-hydrogen) atoms. The zero-order chi connectivity index (χ0) is 46.8. The lowest BCUT2D eigenvalue weighted by Gasteiger charge is -2.46. The van der Waals surface area contributed by atoms with Crippen molar-refractivity contribution in [3.63, 3.8) is 0 Å². The van der Waals surface area contributed by atoms with Crippen molar-refractivity contribution in [1.82, 2.24) is 5.32 Å². The molecule has 0 saturated carbocycles. The molecule has 0 aliphatic carbocycles. The van der Waals surface area contributed by atoms with E-state index in [0.717, 1.165) is 44.9 Å². The van der Waals surface area contributed by atoms with Gasteiger partial charge in [0.2, 0.25) is 5.91 Å². The van der Waals surface area contributed by atoms with Crippen LogP contribution < -0.4 is 5.32 Å². The van der Waals surface area contributed by atoms with Gasteiger partial charge in [-0.3, -0.25) is 4.79 Å². The van der Waals surface area contributed by atoms with Gasteiger partial charge in [0.15, 0.2) is 12.6 Å². The molecule has 0 bridgehead atoms. The van der Waals surface area contributed by atoms with Crippen LogP contribution in [0.4, 0.5) is 0 Å². The van der Waals surface area contributed by atoms with Gasteiger partial charge in [-0.1, -0.05) is 172 Å². The second kappa shape index (κ2) is 37.2. The van der Waals surface area contributed by atoms with Gasteiger partial charge in [0.1, 0.15) is 48.8 Å². The van der Waals surface area contributed by atoms with Crippen LogP contribution in [-0.2, 0) is 23.7 Å². The van der Waals surface area contributed by atoms with Crippen LogP contribution in [-0.4, -0.2) is 140 Å². The maximum absolute atomic E-state index is 13.2. The lowest BCUT2D eigenvalue weighted by molar-refractivity contribution is -0.359. The van der Waals surface area contributed by atoms with Gasteiger partial charge in [-0.15, -0.1) is 0 Å². The smallest absolute Gasteiger partial charge is 0.220 e. The van der Waals surface area contributed by atoms with Crippen molar-refractivity contribution < 1.29 is 64.6 Å². The highest BCUT2D eigenvalue weighted by atomic mass is 16.7. The van der Waals surface area contributed by atoms with Crippen molar-refractivity contribution in [1.29, 1.82) is 0 Å². The number of nitrogens with one attached hydrogen (secondary N) is 1. The van der Waals surface area contributed by atoms with Crippen molar-refractivity contribution in [2.24, 2.45) is 0 Å². The van der Waals surface area contributed by atoms with Crippen molar-refractivity contribution in [3.05, 3.63) is 36.5 Å². The Hall–Kier alpha value is -1.79. The molecule has 374 valence electrons. The lowest BCUT2D eigenvalue weighted by atomic mass is 9.97. The van der Waals surface area contributed by atoms with Gasteiger partial charge in [-0.2, -0.15) is 0 Å². The van der Waals surface area contributed by atoms with Gasteiger partial charge >= 0.3 is 0 Å². The van der Waals surface area contributed by atoms with Crippen molar-refractivity contribution in [2.45, 2.75) is 254 Å². The first kappa shape index (κ1) is 58.3. The predicted molar refractivity (Wildman–Crippen MR) is 249 cm³/mol. The SMILES string of the molecule is CCCC/C=C/CC/C=C/CC/C=C/C(O)C(COC1OC(CO)C(OC2OC(CO)C(O)C(O)C2O)C(O)C1O)NC(=O)CCCCCCCCCCCCCCCCCCCC. The predicted octanol–water partition coefficient (Wildman–Crippen LogP) is 6.32. The van der Waals surface area contributed by atoms with Crippen LogP contribution in [0.15, 0.2) is 36.5 Å². The molecule has 0 aromatic carbocycles. The average Bonchev–Trinajstić information content (AvgIpc) is 3.29. The fourth-order valence-corrected chi connectivity index (χ4v) is 8.13. The molecule has 2 aliphatic rings. The number of rotatable bonds is 38. The highest BCUT2D eigenvalue weighted by Crippen LogP contribution is 2.30. The van der Waals surface area contributed by atoms with E-state index in [1.807, 2.05) is 6.08 Å². The first-order chi connectivity index (χ1) is 31.1. The quantitative estimate of drug-likeness (QED) is 0.0244. The molecule has 2 aliphatic heterocycles. The summed E-state index contributed by atoms with van der Waals surface area (Å²) in [4.78, 5) is 13.2. The molecule has 9 N–H and O–H groups in total. The monoisotopic (exact) mass is 914 g/mol. The summed E-state index contributed by atoms with van der Waals surface area (Å²) in [6.45, 7) is 2.70. The maximum atomic E-state index is 13.2. The van der Waals surface area contributed by atoms with Crippen LogP contribution >= 0.6 is 0 Å². The number of carbonyl (C=O) groups excluding carboxylic acids is 1. The van der Waals surface area contributed by atoms with Gasteiger partial charge < -0.3 is 65.1 Å². The Kier molecular flexibility index (Phi) is 33.9. The molecule has 0 aromatic heterocycles. The van der Waals surface area contributed by atoms with E-state index in [0.29, 0.717) is 12.8 Å². The molecule has 0 radical (unpaired) electrons. The van der Waals surface area contributed by atoms with Crippen LogP contribution in [0.1, 0.15) is 181 Å². The van der Waals surface area contributed by atoms with Crippen LogP contribution in [0.2, 0.25) is 0 Å². The minimum absolute atomic E-state index is 0.254. The lowest BCUT2D eigenvalue weighted by Crippen LogP contribution is -2.65. The number of aliphatic hydroxyl groups is 8. The fraction of sp³-hybridized carbons (Fsp3) is 0.860.